The van der Waals surface area contributed by atoms with E-state index in [1.165, 1.54) is 25.1 Å². The molecule has 3 fully saturated rings. The van der Waals surface area contributed by atoms with E-state index in [0.29, 0.717) is 24.3 Å². The van der Waals surface area contributed by atoms with Crippen LogP contribution >= 0.6 is 0 Å². The molecule has 31 heavy (non-hydrogen) atoms. The van der Waals surface area contributed by atoms with Crippen molar-refractivity contribution in [2.24, 2.45) is 17.8 Å². The molecule has 3 aliphatic heterocycles. The molecule has 0 aliphatic carbocycles. The highest BCUT2D eigenvalue weighted by atomic mass is 16.2. The van der Waals surface area contributed by atoms with Crippen molar-refractivity contribution in [1.29, 1.82) is 0 Å². The zero-order valence-electron chi connectivity index (χ0n) is 19.6. The number of piperazine rings is 1. The van der Waals surface area contributed by atoms with Gasteiger partial charge in [-0.05, 0) is 49.1 Å². The Bertz CT molecular complexity index is 686. The Labute approximate surface area is 189 Å². The minimum atomic E-state index is 0.368. The number of carbonyl (C=O) groups excluding carboxylic acids is 1. The largest absolute Gasteiger partial charge is 0.340 e. The Morgan fingerprint density at radius 1 is 1.06 bits per heavy atom. The fraction of sp³-hybridized carbons (Fsp3) is 0.731. The number of benzene rings is 1. The summed E-state index contributed by atoms with van der Waals surface area (Å²) in [4.78, 5) is 20.0. The van der Waals surface area contributed by atoms with Gasteiger partial charge in [0.1, 0.15) is 0 Å². The quantitative estimate of drug-likeness (QED) is 0.693. The second kappa shape index (κ2) is 10.9. The molecule has 0 spiro atoms. The lowest BCUT2D eigenvalue weighted by molar-refractivity contribution is -0.133. The molecule has 3 saturated heterocycles. The third kappa shape index (κ3) is 6.53. The maximum absolute atomic E-state index is 12.7. The van der Waals surface area contributed by atoms with Gasteiger partial charge in [0.2, 0.25) is 5.91 Å². The van der Waals surface area contributed by atoms with Gasteiger partial charge in [-0.3, -0.25) is 14.6 Å². The summed E-state index contributed by atoms with van der Waals surface area (Å²) >= 11 is 0. The second-order valence-corrected chi connectivity index (χ2v) is 10.5. The topological polar surface area (TPSA) is 38.8 Å². The number of nitrogens with one attached hydrogen (secondary N) is 1. The van der Waals surface area contributed by atoms with Crippen LogP contribution in [0.15, 0.2) is 30.3 Å². The molecule has 2 bridgehead atoms. The molecule has 4 rings (SSSR count). The number of nitrogens with zero attached hydrogens (tertiary/aromatic N) is 3. The Hall–Kier alpha value is -1.43. The van der Waals surface area contributed by atoms with Crippen LogP contribution in [0.2, 0.25) is 0 Å². The molecule has 1 aromatic carbocycles. The van der Waals surface area contributed by atoms with Crippen molar-refractivity contribution in [1.82, 2.24) is 20.0 Å². The molecule has 0 aromatic heterocycles. The van der Waals surface area contributed by atoms with E-state index in [0.717, 1.165) is 70.5 Å². The van der Waals surface area contributed by atoms with Crippen molar-refractivity contribution >= 4 is 5.91 Å². The number of carbonyl (C=O) groups is 1. The monoisotopic (exact) mass is 426 g/mol. The molecule has 0 saturated carbocycles. The molecule has 5 nitrogen and oxygen atoms in total. The van der Waals surface area contributed by atoms with Crippen molar-refractivity contribution in [3.8, 4) is 0 Å². The number of amides is 1. The molecule has 5 heteroatoms. The van der Waals surface area contributed by atoms with Crippen LogP contribution in [0, 0.1) is 17.8 Å². The third-order valence-corrected chi connectivity index (χ3v) is 7.39. The second-order valence-electron chi connectivity index (χ2n) is 10.5. The lowest BCUT2D eigenvalue weighted by Gasteiger charge is -2.46. The van der Waals surface area contributed by atoms with Crippen LogP contribution in [0.5, 0.6) is 0 Å². The number of piperidine rings is 2. The summed E-state index contributed by atoms with van der Waals surface area (Å²) in [5.74, 6) is 2.58. The highest BCUT2D eigenvalue weighted by molar-refractivity contribution is 5.76. The predicted octanol–water partition coefficient (Wildman–Crippen LogP) is 3.07. The van der Waals surface area contributed by atoms with Crippen LogP contribution in [0.1, 0.15) is 45.1 Å². The van der Waals surface area contributed by atoms with E-state index in [4.69, 9.17) is 0 Å². The van der Waals surface area contributed by atoms with Gasteiger partial charge in [-0.2, -0.15) is 0 Å². The first-order chi connectivity index (χ1) is 15.1. The first kappa shape index (κ1) is 22.8. The normalized spacial score (nSPS) is 27.6. The van der Waals surface area contributed by atoms with Crippen LogP contribution in [0.4, 0.5) is 0 Å². The number of likely N-dealkylation sites (tertiary alicyclic amines) is 1. The summed E-state index contributed by atoms with van der Waals surface area (Å²) in [6.45, 7) is 14.2. The van der Waals surface area contributed by atoms with Crippen LogP contribution in [0.3, 0.4) is 0 Å². The van der Waals surface area contributed by atoms with Gasteiger partial charge < -0.3 is 10.2 Å². The number of rotatable bonds is 8. The highest BCUT2D eigenvalue weighted by Gasteiger charge is 2.36. The van der Waals surface area contributed by atoms with Gasteiger partial charge in [-0.1, -0.05) is 44.2 Å². The minimum Gasteiger partial charge on any atom is -0.340 e. The first-order valence-corrected chi connectivity index (χ1v) is 12.6. The molecular formula is C26H42N4O. The third-order valence-electron chi connectivity index (χ3n) is 7.39. The molecule has 1 aromatic rings. The summed E-state index contributed by atoms with van der Waals surface area (Å²) in [5, 5.41) is 3.82. The number of hydrogen-bond acceptors (Lipinski definition) is 4. The zero-order valence-corrected chi connectivity index (χ0v) is 19.6. The number of hydrogen-bond donors (Lipinski definition) is 1. The van der Waals surface area contributed by atoms with Crippen molar-refractivity contribution < 1.29 is 4.79 Å². The van der Waals surface area contributed by atoms with E-state index >= 15 is 0 Å². The summed E-state index contributed by atoms with van der Waals surface area (Å²) in [6, 6.07) is 11.5. The van der Waals surface area contributed by atoms with Crippen LogP contribution < -0.4 is 5.32 Å². The van der Waals surface area contributed by atoms with Crippen molar-refractivity contribution in [3.63, 3.8) is 0 Å². The summed E-state index contributed by atoms with van der Waals surface area (Å²) in [6.07, 6.45) is 4.22. The van der Waals surface area contributed by atoms with Gasteiger partial charge in [0.25, 0.3) is 0 Å². The van der Waals surface area contributed by atoms with Crippen LogP contribution in [0.25, 0.3) is 0 Å². The van der Waals surface area contributed by atoms with E-state index in [2.05, 4.69) is 64.2 Å². The lowest BCUT2D eigenvalue weighted by atomic mass is 9.79. The summed E-state index contributed by atoms with van der Waals surface area (Å²) < 4.78 is 0. The fourth-order valence-corrected chi connectivity index (χ4v) is 5.91. The number of fused-ring (bicyclic) bond motifs is 2. The maximum Gasteiger partial charge on any atom is 0.222 e. The molecule has 1 N–H and O–H groups in total. The van der Waals surface area contributed by atoms with Crippen LogP contribution in [-0.2, 0) is 11.3 Å². The average Bonchev–Trinajstić information content (AvgIpc) is 2.76. The fourth-order valence-electron chi connectivity index (χ4n) is 5.91. The lowest BCUT2D eigenvalue weighted by Crippen LogP contribution is -2.55. The Morgan fingerprint density at radius 3 is 2.58 bits per heavy atom. The smallest absolute Gasteiger partial charge is 0.222 e. The van der Waals surface area contributed by atoms with E-state index in [1.54, 1.807) is 0 Å². The Balaban J connectivity index is 1.18. The van der Waals surface area contributed by atoms with Crippen molar-refractivity contribution in [3.05, 3.63) is 35.9 Å². The predicted molar refractivity (Wildman–Crippen MR) is 127 cm³/mol. The molecule has 3 atom stereocenters. The standard InChI is InChI=1S/C26H42N4O/c1-21(2)17-28-11-13-30(14-12-28)26(31)10-6-9-25-24-15-23(16-27-25)19-29(20-24)18-22-7-4-3-5-8-22/h3-5,7-8,21,23-25,27H,6,9-20H2,1-2H3/t23-,24-,25+/m0/s1. The minimum absolute atomic E-state index is 0.368. The van der Waals surface area contributed by atoms with Gasteiger partial charge in [-0.25, -0.2) is 0 Å². The van der Waals surface area contributed by atoms with E-state index in [1.807, 2.05) is 0 Å². The summed E-state index contributed by atoms with van der Waals surface area (Å²) in [5.41, 5.74) is 1.42. The van der Waals surface area contributed by atoms with Crippen molar-refractivity contribution in [2.45, 2.75) is 52.1 Å². The van der Waals surface area contributed by atoms with Gasteiger partial charge in [0.15, 0.2) is 0 Å². The zero-order chi connectivity index (χ0) is 21.6. The van der Waals surface area contributed by atoms with Gasteiger partial charge in [0, 0.05) is 64.8 Å². The average molecular weight is 427 g/mol. The maximum atomic E-state index is 12.7. The molecule has 0 radical (unpaired) electrons. The van der Waals surface area contributed by atoms with E-state index in [-0.39, 0.29) is 0 Å². The van der Waals surface area contributed by atoms with Gasteiger partial charge >= 0.3 is 0 Å². The molecule has 172 valence electrons. The molecule has 3 aliphatic rings. The Kier molecular flexibility index (Phi) is 8.02. The molecule has 3 heterocycles. The SMILES string of the molecule is CC(C)CN1CCN(C(=O)CCC[C@H]2NC[C@@H]3C[C@H]2CN(Cc2ccccc2)C3)CC1. The van der Waals surface area contributed by atoms with E-state index in [9.17, 15) is 4.79 Å². The first-order valence-electron chi connectivity index (χ1n) is 12.6. The Morgan fingerprint density at radius 2 is 1.84 bits per heavy atom. The molecule has 1 amide bonds. The highest BCUT2D eigenvalue weighted by Crippen LogP contribution is 2.31. The van der Waals surface area contributed by atoms with Crippen LogP contribution in [-0.4, -0.2) is 79.0 Å². The summed E-state index contributed by atoms with van der Waals surface area (Å²) in [7, 11) is 0. The van der Waals surface area contributed by atoms with Crippen molar-refractivity contribution in [2.75, 3.05) is 52.4 Å². The van der Waals surface area contributed by atoms with Gasteiger partial charge in [0.05, 0.1) is 0 Å². The van der Waals surface area contributed by atoms with E-state index < -0.39 is 0 Å². The molecule has 0 unspecified atom stereocenters. The van der Waals surface area contributed by atoms with Gasteiger partial charge in [-0.15, -0.1) is 0 Å². The molecular weight excluding hydrogens is 384 g/mol.